The standard InChI is InChI=1S/C18H25N5O/c1-21-17(15(12-19)13-20)8-11-22(2)18-7-6-16(24-18)14-23-9-4-3-5-10-23/h6-7,15H,3-5,8-11,14H2,1-2H3. The quantitative estimate of drug-likeness (QED) is 0.719. The van der Waals surface area contributed by atoms with Crippen molar-refractivity contribution in [1.29, 1.82) is 10.5 Å². The van der Waals surface area contributed by atoms with Gasteiger partial charge in [0.2, 0.25) is 0 Å². The first-order chi connectivity index (χ1) is 11.7. The van der Waals surface area contributed by atoms with Crippen LogP contribution in [0.25, 0.3) is 0 Å². The minimum Gasteiger partial charge on any atom is -0.444 e. The molecule has 0 saturated carbocycles. The van der Waals surface area contributed by atoms with Crippen molar-refractivity contribution in [3.8, 4) is 12.1 Å². The molecule has 0 atom stereocenters. The van der Waals surface area contributed by atoms with Gasteiger partial charge in [0.05, 0.1) is 18.7 Å². The highest BCUT2D eigenvalue weighted by Crippen LogP contribution is 2.20. The Morgan fingerprint density at radius 2 is 2.00 bits per heavy atom. The van der Waals surface area contributed by atoms with E-state index in [1.807, 2.05) is 36.2 Å². The van der Waals surface area contributed by atoms with E-state index in [2.05, 4.69) is 9.89 Å². The SMILES string of the molecule is CN=C(CCN(C)c1ccc(CN2CCCCC2)o1)C(C#N)C#N. The molecule has 1 aromatic heterocycles. The van der Waals surface area contributed by atoms with Crippen LogP contribution in [0.2, 0.25) is 0 Å². The van der Waals surface area contributed by atoms with Gasteiger partial charge in [-0.25, -0.2) is 0 Å². The van der Waals surface area contributed by atoms with Crippen LogP contribution in [0.3, 0.4) is 0 Å². The first-order valence-corrected chi connectivity index (χ1v) is 8.45. The summed E-state index contributed by atoms with van der Waals surface area (Å²) in [5.41, 5.74) is 0.618. The number of furan rings is 1. The second-order valence-corrected chi connectivity index (χ2v) is 6.15. The van der Waals surface area contributed by atoms with Crippen molar-refractivity contribution in [2.24, 2.45) is 10.9 Å². The number of hydrogen-bond acceptors (Lipinski definition) is 6. The molecule has 1 aliphatic heterocycles. The summed E-state index contributed by atoms with van der Waals surface area (Å²) in [7, 11) is 3.57. The van der Waals surface area contributed by atoms with Crippen molar-refractivity contribution in [1.82, 2.24) is 4.90 Å². The lowest BCUT2D eigenvalue weighted by Gasteiger charge is -2.25. The molecule has 0 radical (unpaired) electrons. The lowest BCUT2D eigenvalue weighted by molar-refractivity contribution is 0.205. The van der Waals surface area contributed by atoms with Crippen LogP contribution in [-0.2, 0) is 6.54 Å². The van der Waals surface area contributed by atoms with Gasteiger partial charge in [0.1, 0.15) is 5.76 Å². The third-order valence-corrected chi connectivity index (χ3v) is 4.43. The van der Waals surface area contributed by atoms with Crippen molar-refractivity contribution < 1.29 is 4.42 Å². The molecule has 0 aromatic carbocycles. The van der Waals surface area contributed by atoms with E-state index in [0.717, 1.165) is 31.3 Å². The van der Waals surface area contributed by atoms with Gasteiger partial charge >= 0.3 is 0 Å². The molecule has 1 saturated heterocycles. The van der Waals surface area contributed by atoms with Gasteiger partial charge in [0.25, 0.3) is 0 Å². The summed E-state index contributed by atoms with van der Waals surface area (Å²) >= 11 is 0. The number of piperidine rings is 1. The monoisotopic (exact) mass is 327 g/mol. The van der Waals surface area contributed by atoms with Crippen molar-refractivity contribution in [2.75, 3.05) is 38.6 Å². The smallest absolute Gasteiger partial charge is 0.195 e. The molecule has 1 aromatic rings. The molecule has 2 heterocycles. The Kier molecular flexibility index (Phi) is 6.84. The molecule has 1 fully saturated rings. The Balaban J connectivity index is 1.87. The molecule has 6 heteroatoms. The normalized spacial score (nSPS) is 16.0. The number of hydrogen-bond donors (Lipinski definition) is 0. The lowest BCUT2D eigenvalue weighted by atomic mass is 10.0. The summed E-state index contributed by atoms with van der Waals surface area (Å²) in [6, 6.07) is 7.96. The number of nitriles is 2. The minimum atomic E-state index is -0.769. The van der Waals surface area contributed by atoms with Crippen LogP contribution in [0, 0.1) is 28.6 Å². The Hall–Kier alpha value is -2.31. The van der Waals surface area contributed by atoms with Crippen LogP contribution in [0.1, 0.15) is 31.4 Å². The molecule has 0 aliphatic carbocycles. The fourth-order valence-corrected chi connectivity index (χ4v) is 2.95. The van der Waals surface area contributed by atoms with Gasteiger partial charge < -0.3 is 9.32 Å². The van der Waals surface area contributed by atoms with Gasteiger partial charge in [-0.15, -0.1) is 0 Å². The van der Waals surface area contributed by atoms with E-state index in [1.165, 1.54) is 19.3 Å². The second kappa shape index (κ2) is 9.10. The van der Waals surface area contributed by atoms with Crippen molar-refractivity contribution in [3.63, 3.8) is 0 Å². The number of nitrogens with zero attached hydrogens (tertiary/aromatic N) is 5. The van der Waals surface area contributed by atoms with Crippen LogP contribution in [-0.4, -0.2) is 44.3 Å². The van der Waals surface area contributed by atoms with E-state index in [-0.39, 0.29) is 0 Å². The Morgan fingerprint density at radius 1 is 1.29 bits per heavy atom. The molecule has 0 spiro atoms. The number of aliphatic imine (C=N–C) groups is 1. The van der Waals surface area contributed by atoms with Crippen molar-refractivity contribution in [3.05, 3.63) is 17.9 Å². The van der Waals surface area contributed by atoms with Crippen LogP contribution in [0.5, 0.6) is 0 Å². The highest BCUT2D eigenvalue weighted by atomic mass is 16.4. The molecule has 0 amide bonds. The van der Waals surface area contributed by atoms with Crippen LogP contribution in [0.4, 0.5) is 5.88 Å². The topological polar surface area (TPSA) is 79.6 Å². The van der Waals surface area contributed by atoms with E-state index < -0.39 is 5.92 Å². The summed E-state index contributed by atoms with van der Waals surface area (Å²) in [4.78, 5) is 8.51. The molecule has 0 unspecified atom stereocenters. The molecule has 24 heavy (non-hydrogen) atoms. The number of anilines is 1. The predicted molar refractivity (Wildman–Crippen MR) is 93.8 cm³/mol. The van der Waals surface area contributed by atoms with Gasteiger partial charge in [0, 0.05) is 38.8 Å². The van der Waals surface area contributed by atoms with Gasteiger partial charge in [-0.05, 0) is 32.0 Å². The molecule has 0 bridgehead atoms. The summed E-state index contributed by atoms with van der Waals surface area (Å²) in [5.74, 6) is 1.02. The Bertz CT molecular complexity index is 617. The zero-order valence-corrected chi connectivity index (χ0v) is 14.5. The highest BCUT2D eigenvalue weighted by Gasteiger charge is 2.16. The van der Waals surface area contributed by atoms with E-state index >= 15 is 0 Å². The Morgan fingerprint density at radius 3 is 2.62 bits per heavy atom. The fraction of sp³-hybridized carbons (Fsp3) is 0.611. The predicted octanol–water partition coefficient (Wildman–Crippen LogP) is 2.83. The Labute approximate surface area is 144 Å². The molecular weight excluding hydrogens is 302 g/mol. The van der Waals surface area contributed by atoms with E-state index in [4.69, 9.17) is 14.9 Å². The maximum atomic E-state index is 8.98. The summed E-state index contributed by atoms with van der Waals surface area (Å²) < 4.78 is 5.94. The van der Waals surface area contributed by atoms with Crippen molar-refractivity contribution in [2.45, 2.75) is 32.2 Å². The largest absolute Gasteiger partial charge is 0.444 e. The minimum absolute atomic E-state index is 0.570. The average molecular weight is 327 g/mol. The molecular formula is C18H25N5O. The first kappa shape index (κ1) is 18.0. The van der Waals surface area contributed by atoms with Crippen LogP contribution < -0.4 is 4.90 Å². The lowest BCUT2D eigenvalue weighted by Crippen LogP contribution is -2.28. The van der Waals surface area contributed by atoms with E-state index in [9.17, 15) is 0 Å². The van der Waals surface area contributed by atoms with Crippen molar-refractivity contribution >= 4 is 11.6 Å². The highest BCUT2D eigenvalue weighted by molar-refractivity contribution is 5.91. The van der Waals surface area contributed by atoms with Gasteiger partial charge in [-0.2, -0.15) is 10.5 Å². The van der Waals surface area contributed by atoms with Gasteiger partial charge in [-0.1, -0.05) is 6.42 Å². The van der Waals surface area contributed by atoms with Crippen LogP contribution >= 0.6 is 0 Å². The molecule has 1 aliphatic rings. The molecule has 128 valence electrons. The van der Waals surface area contributed by atoms with Gasteiger partial charge in [-0.3, -0.25) is 9.89 Å². The zero-order chi connectivity index (χ0) is 17.4. The molecule has 2 rings (SSSR count). The van der Waals surface area contributed by atoms with E-state index in [0.29, 0.717) is 18.7 Å². The molecule has 6 nitrogen and oxygen atoms in total. The molecule has 0 N–H and O–H groups in total. The summed E-state index contributed by atoms with van der Waals surface area (Å²) in [6.45, 7) is 3.81. The first-order valence-electron chi connectivity index (χ1n) is 8.45. The maximum absolute atomic E-state index is 8.98. The maximum Gasteiger partial charge on any atom is 0.195 e. The zero-order valence-electron chi connectivity index (χ0n) is 14.5. The summed E-state index contributed by atoms with van der Waals surface area (Å²) in [5, 5.41) is 18.0. The summed E-state index contributed by atoms with van der Waals surface area (Å²) in [6.07, 6.45) is 4.44. The van der Waals surface area contributed by atoms with Gasteiger partial charge in [0.15, 0.2) is 11.8 Å². The third-order valence-electron chi connectivity index (χ3n) is 4.43. The average Bonchev–Trinajstić information content (AvgIpc) is 3.08. The third kappa shape index (κ3) is 4.84. The fourth-order valence-electron chi connectivity index (χ4n) is 2.95. The number of rotatable bonds is 7. The van der Waals surface area contributed by atoms with Crippen LogP contribution in [0.15, 0.2) is 21.5 Å². The second-order valence-electron chi connectivity index (χ2n) is 6.15. The number of likely N-dealkylation sites (tertiary alicyclic amines) is 1. The van der Waals surface area contributed by atoms with E-state index in [1.54, 1.807) is 7.05 Å².